The Morgan fingerprint density at radius 3 is 3.11 bits per heavy atom. The van der Waals surface area contributed by atoms with Gasteiger partial charge >= 0.3 is 6.03 Å². The van der Waals surface area contributed by atoms with Crippen molar-refractivity contribution in [1.29, 1.82) is 0 Å². The molecule has 1 unspecified atom stereocenters. The molecule has 0 aliphatic carbocycles. The first-order valence-corrected chi connectivity index (χ1v) is 6.00. The van der Waals surface area contributed by atoms with Crippen LogP contribution in [-0.2, 0) is 0 Å². The van der Waals surface area contributed by atoms with E-state index in [9.17, 15) is 9.18 Å². The largest absolute Gasteiger partial charge is 0.327 e. The van der Waals surface area contributed by atoms with Crippen molar-refractivity contribution in [2.45, 2.75) is 12.5 Å². The topological polar surface area (TPSA) is 47.9 Å². The second-order valence-corrected chi connectivity index (χ2v) is 4.45. The van der Waals surface area contributed by atoms with Crippen molar-refractivity contribution < 1.29 is 9.18 Å². The van der Waals surface area contributed by atoms with Crippen molar-refractivity contribution in [2.24, 2.45) is 4.99 Å². The Hall–Kier alpha value is -2.37. The summed E-state index contributed by atoms with van der Waals surface area (Å²) in [7, 11) is 0. The normalized spacial score (nSPS) is 25.8. The van der Waals surface area contributed by atoms with Gasteiger partial charge in [-0.3, -0.25) is 4.90 Å². The lowest BCUT2D eigenvalue weighted by Crippen LogP contribution is -2.46. The summed E-state index contributed by atoms with van der Waals surface area (Å²) >= 11 is 0. The summed E-state index contributed by atoms with van der Waals surface area (Å²) in [4.78, 5) is 18.7. The van der Waals surface area contributed by atoms with Gasteiger partial charge in [-0.1, -0.05) is 18.7 Å². The molecule has 1 atom stereocenters. The molecule has 1 N–H and O–H groups in total. The molecular formula is C13H13FN4O. The number of hydrogen-bond donors (Lipinski definition) is 1. The van der Waals surface area contributed by atoms with Gasteiger partial charge in [-0.15, -0.1) is 0 Å². The number of nitrogens with one attached hydrogen (secondary N) is 1. The highest BCUT2D eigenvalue weighted by atomic mass is 19.1. The number of amides is 2. The number of carbonyl (C=O) groups excluding carboxylic acids is 1. The lowest BCUT2D eigenvalue weighted by atomic mass is 10.2. The van der Waals surface area contributed by atoms with E-state index >= 15 is 0 Å². The third-order valence-corrected chi connectivity index (χ3v) is 3.17. The molecule has 3 aliphatic heterocycles. The average molecular weight is 260 g/mol. The van der Waals surface area contributed by atoms with Crippen LogP contribution in [0.25, 0.3) is 0 Å². The van der Waals surface area contributed by atoms with Crippen LogP contribution < -0.4 is 5.32 Å². The van der Waals surface area contributed by atoms with E-state index in [0.717, 1.165) is 0 Å². The number of rotatable bonds is 1. The van der Waals surface area contributed by atoms with Gasteiger partial charge in [-0.2, -0.15) is 4.39 Å². The summed E-state index contributed by atoms with van der Waals surface area (Å²) in [6.45, 7) is 4.07. The first-order valence-electron chi connectivity index (χ1n) is 6.00. The number of nitrogens with zero attached hydrogens (tertiary/aromatic N) is 3. The molecule has 0 bridgehead atoms. The van der Waals surface area contributed by atoms with E-state index in [4.69, 9.17) is 0 Å². The summed E-state index contributed by atoms with van der Waals surface area (Å²) in [6, 6.07) is -0.620. The Morgan fingerprint density at radius 1 is 1.47 bits per heavy atom. The number of urea groups is 1. The Labute approximate surface area is 110 Å². The van der Waals surface area contributed by atoms with Gasteiger partial charge in [0.05, 0.1) is 6.04 Å². The van der Waals surface area contributed by atoms with Crippen LogP contribution >= 0.6 is 0 Å². The predicted molar refractivity (Wildman–Crippen MR) is 69.5 cm³/mol. The Balaban J connectivity index is 1.90. The molecule has 5 nitrogen and oxygen atoms in total. The molecule has 1 saturated heterocycles. The second-order valence-electron chi connectivity index (χ2n) is 4.45. The van der Waals surface area contributed by atoms with E-state index in [1.54, 1.807) is 18.5 Å². The lowest BCUT2D eigenvalue weighted by Gasteiger charge is -2.34. The van der Waals surface area contributed by atoms with Crippen LogP contribution in [0.2, 0.25) is 0 Å². The second kappa shape index (κ2) is 4.38. The molecular weight excluding hydrogens is 247 g/mol. The quantitative estimate of drug-likeness (QED) is 0.731. The van der Waals surface area contributed by atoms with E-state index in [1.807, 2.05) is 12.2 Å². The minimum Gasteiger partial charge on any atom is -0.312 e. The van der Waals surface area contributed by atoms with Crippen LogP contribution in [0.4, 0.5) is 9.18 Å². The van der Waals surface area contributed by atoms with Crippen molar-refractivity contribution in [3.8, 4) is 0 Å². The molecule has 3 heterocycles. The first kappa shape index (κ1) is 11.7. The van der Waals surface area contributed by atoms with Gasteiger partial charge in [0, 0.05) is 31.1 Å². The van der Waals surface area contributed by atoms with Crippen LogP contribution in [-0.4, -0.2) is 34.6 Å². The fourth-order valence-electron chi connectivity index (χ4n) is 2.16. The highest BCUT2D eigenvalue weighted by Gasteiger charge is 2.31. The fourth-order valence-corrected chi connectivity index (χ4v) is 2.16. The molecule has 0 aromatic heterocycles. The lowest BCUT2D eigenvalue weighted by molar-refractivity contribution is 0.200. The summed E-state index contributed by atoms with van der Waals surface area (Å²) < 4.78 is 14.4. The Morgan fingerprint density at radius 2 is 2.32 bits per heavy atom. The smallest absolute Gasteiger partial charge is 0.312 e. The number of fused-ring (bicyclic) bond motifs is 1. The van der Waals surface area contributed by atoms with Crippen molar-refractivity contribution >= 4 is 12.2 Å². The molecule has 0 saturated carbocycles. The number of halogens is 1. The van der Waals surface area contributed by atoms with E-state index < -0.39 is 12.0 Å². The molecule has 0 spiro atoms. The fraction of sp³-hybridized carbons (Fsp3) is 0.231. The van der Waals surface area contributed by atoms with Gasteiger partial charge < -0.3 is 10.2 Å². The third kappa shape index (κ3) is 1.95. The van der Waals surface area contributed by atoms with Gasteiger partial charge in [0.1, 0.15) is 0 Å². The monoisotopic (exact) mass is 260 g/mol. The molecule has 1 fully saturated rings. The number of aliphatic imine (C=N–C) groups is 1. The molecule has 0 aromatic rings. The number of hydrogen-bond acceptors (Lipinski definition) is 3. The van der Waals surface area contributed by atoms with Crippen LogP contribution in [0.5, 0.6) is 0 Å². The minimum atomic E-state index is -0.518. The summed E-state index contributed by atoms with van der Waals surface area (Å²) in [5, 5.41) is 2.59. The van der Waals surface area contributed by atoms with Crippen LogP contribution in [0, 0.1) is 0 Å². The molecule has 2 amide bonds. The molecule has 3 aliphatic rings. The number of allylic oxidation sites excluding steroid dienone is 2. The highest BCUT2D eigenvalue weighted by Crippen LogP contribution is 2.27. The van der Waals surface area contributed by atoms with Crippen molar-refractivity contribution in [3.05, 3.63) is 48.5 Å². The zero-order chi connectivity index (χ0) is 13.4. The standard InChI is InChI=1S/C13H13FN4O/c1-9-5-7-18(13(19)16-9)12-11(14)17-6-3-2-4-10(17)8-15-12/h2-4,6,8,10H,1,5,7H2,(H,16,19). The molecule has 0 aromatic carbocycles. The maximum atomic E-state index is 14.4. The van der Waals surface area contributed by atoms with Crippen molar-refractivity contribution in [3.63, 3.8) is 0 Å². The van der Waals surface area contributed by atoms with Crippen molar-refractivity contribution in [1.82, 2.24) is 15.1 Å². The summed E-state index contributed by atoms with van der Waals surface area (Å²) in [6.07, 6.45) is 9.24. The van der Waals surface area contributed by atoms with E-state index in [2.05, 4.69) is 16.9 Å². The minimum absolute atomic E-state index is 0.0428. The highest BCUT2D eigenvalue weighted by molar-refractivity contribution is 5.80. The molecule has 19 heavy (non-hydrogen) atoms. The Kier molecular flexibility index (Phi) is 2.70. The van der Waals surface area contributed by atoms with Crippen LogP contribution in [0.1, 0.15) is 6.42 Å². The summed E-state index contributed by atoms with van der Waals surface area (Å²) in [5.41, 5.74) is 0.640. The van der Waals surface area contributed by atoms with Gasteiger partial charge in [-0.25, -0.2) is 9.79 Å². The van der Waals surface area contributed by atoms with Crippen molar-refractivity contribution in [2.75, 3.05) is 6.54 Å². The van der Waals surface area contributed by atoms with Gasteiger partial charge in [-0.05, 0) is 6.08 Å². The molecule has 0 radical (unpaired) electrons. The zero-order valence-corrected chi connectivity index (χ0v) is 10.2. The molecule has 3 rings (SSSR count). The van der Waals surface area contributed by atoms with Gasteiger partial charge in [0.15, 0.2) is 5.82 Å². The van der Waals surface area contributed by atoms with Crippen LogP contribution in [0.3, 0.4) is 0 Å². The van der Waals surface area contributed by atoms with Crippen LogP contribution in [0.15, 0.2) is 53.5 Å². The third-order valence-electron chi connectivity index (χ3n) is 3.17. The first-order chi connectivity index (χ1) is 9.16. The average Bonchev–Trinajstić information content (AvgIpc) is 2.41. The Bertz CT molecular complexity index is 561. The maximum absolute atomic E-state index is 14.4. The number of carbonyl (C=O) groups is 1. The summed E-state index contributed by atoms with van der Waals surface area (Å²) in [5.74, 6) is -0.475. The van der Waals surface area contributed by atoms with E-state index in [1.165, 1.54) is 9.80 Å². The van der Waals surface area contributed by atoms with Gasteiger partial charge in [0.2, 0.25) is 5.95 Å². The van der Waals surface area contributed by atoms with Gasteiger partial charge in [0.25, 0.3) is 0 Å². The zero-order valence-electron chi connectivity index (χ0n) is 10.2. The van der Waals surface area contributed by atoms with E-state index in [-0.39, 0.29) is 11.9 Å². The van der Waals surface area contributed by atoms with E-state index in [0.29, 0.717) is 18.7 Å². The molecule has 98 valence electrons. The maximum Gasteiger partial charge on any atom is 0.327 e. The molecule has 6 heteroatoms. The SMILES string of the molecule is C=C1CCN(C2=C(F)N3C=CC=CC3C=N2)C(=O)N1. The predicted octanol–water partition coefficient (Wildman–Crippen LogP) is 1.85.